The van der Waals surface area contributed by atoms with Crippen LogP contribution in [-0.4, -0.2) is 23.9 Å². The summed E-state index contributed by atoms with van der Waals surface area (Å²) in [6, 6.07) is 1.53. The molecule has 0 aliphatic carbocycles. The number of carbonyl (C=O) groups excluding carboxylic acids is 1. The van der Waals surface area contributed by atoms with Gasteiger partial charge >= 0.3 is 0 Å². The topological polar surface area (TPSA) is 44.1 Å². The first-order valence-electron chi connectivity index (χ1n) is 3.22. The zero-order chi connectivity index (χ0) is 8.85. The molecule has 0 radical (unpaired) electrons. The zero-order valence-electron chi connectivity index (χ0n) is 6.66. The summed E-state index contributed by atoms with van der Waals surface area (Å²) in [6.45, 7) is 1.73. The summed E-state index contributed by atoms with van der Waals surface area (Å²) >= 11 is 0. The van der Waals surface area contributed by atoms with Gasteiger partial charge in [0.15, 0.2) is 0 Å². The fourth-order valence-electron chi connectivity index (χ4n) is 0.520. The third-order valence-electron chi connectivity index (χ3n) is 1.45. The molecule has 1 amide bonds. The second-order valence-corrected chi connectivity index (χ2v) is 2.18. The van der Waals surface area contributed by atoms with Gasteiger partial charge in [-0.15, -0.1) is 6.42 Å². The molecule has 0 aromatic heterocycles. The molecule has 0 fully saturated rings. The van der Waals surface area contributed by atoms with Gasteiger partial charge in [0.1, 0.15) is 6.42 Å². The molecule has 0 rings (SSSR count). The molecule has 3 nitrogen and oxygen atoms in total. The van der Waals surface area contributed by atoms with Crippen molar-refractivity contribution in [2.24, 2.45) is 0 Å². The van der Waals surface area contributed by atoms with E-state index in [4.69, 9.17) is 11.7 Å². The Morgan fingerprint density at radius 1 is 1.82 bits per heavy atom. The lowest BCUT2D eigenvalue weighted by atomic mass is 10.3. The van der Waals surface area contributed by atoms with Gasteiger partial charge in [-0.3, -0.25) is 4.79 Å². The lowest BCUT2D eigenvalue weighted by Gasteiger charge is -2.18. The maximum absolute atomic E-state index is 11.0. The fraction of sp³-hybridized carbons (Fsp3) is 0.500. The highest BCUT2D eigenvalue weighted by atomic mass is 16.2. The van der Waals surface area contributed by atoms with Crippen LogP contribution in [0.2, 0.25) is 0 Å². The minimum absolute atomic E-state index is 0.109. The van der Waals surface area contributed by atoms with E-state index in [0.29, 0.717) is 0 Å². The van der Waals surface area contributed by atoms with Gasteiger partial charge in [0.25, 0.3) is 0 Å². The molecular weight excluding hydrogens is 140 g/mol. The van der Waals surface area contributed by atoms with Gasteiger partial charge in [0.05, 0.1) is 12.1 Å². The first-order valence-corrected chi connectivity index (χ1v) is 3.22. The Labute approximate surface area is 66.6 Å². The second-order valence-electron chi connectivity index (χ2n) is 2.18. The van der Waals surface area contributed by atoms with E-state index in [1.165, 1.54) is 4.90 Å². The standard InChI is InChI=1S/C8H10N2O/c1-4-7(2)10(3)8(11)5-6-9/h1,7H,5H2,2-3H3. The molecule has 0 N–H and O–H groups in total. The van der Waals surface area contributed by atoms with E-state index in [1.54, 1.807) is 20.0 Å². The Hall–Kier alpha value is -1.48. The van der Waals surface area contributed by atoms with Crippen LogP contribution in [0.5, 0.6) is 0 Å². The Kier molecular flexibility index (Phi) is 3.77. The van der Waals surface area contributed by atoms with Crippen LogP contribution in [0.3, 0.4) is 0 Å². The molecule has 0 aromatic rings. The van der Waals surface area contributed by atoms with Crippen molar-refractivity contribution in [1.82, 2.24) is 4.90 Å². The summed E-state index contributed by atoms with van der Waals surface area (Å²) in [4.78, 5) is 12.3. The molecule has 0 aliphatic heterocycles. The Bertz CT molecular complexity index is 221. The molecule has 0 heterocycles. The second kappa shape index (κ2) is 4.35. The highest BCUT2D eigenvalue weighted by Gasteiger charge is 2.11. The van der Waals surface area contributed by atoms with E-state index >= 15 is 0 Å². The lowest BCUT2D eigenvalue weighted by molar-refractivity contribution is -0.129. The van der Waals surface area contributed by atoms with Crippen molar-refractivity contribution in [1.29, 1.82) is 5.26 Å². The van der Waals surface area contributed by atoms with Crippen molar-refractivity contribution in [2.75, 3.05) is 7.05 Å². The first kappa shape index (κ1) is 9.52. The summed E-state index contributed by atoms with van der Waals surface area (Å²) in [7, 11) is 1.59. The smallest absolute Gasteiger partial charge is 0.237 e. The van der Waals surface area contributed by atoms with Crippen molar-refractivity contribution >= 4 is 5.91 Å². The lowest BCUT2D eigenvalue weighted by Crippen LogP contribution is -2.33. The van der Waals surface area contributed by atoms with Crippen molar-refractivity contribution in [3.05, 3.63) is 0 Å². The van der Waals surface area contributed by atoms with Gasteiger partial charge in [0, 0.05) is 7.05 Å². The van der Waals surface area contributed by atoms with Crippen LogP contribution in [0.15, 0.2) is 0 Å². The summed E-state index contributed by atoms with van der Waals surface area (Å²) < 4.78 is 0. The molecule has 1 atom stereocenters. The van der Waals surface area contributed by atoms with E-state index in [9.17, 15) is 4.79 Å². The number of rotatable bonds is 2. The molecule has 0 aliphatic rings. The van der Waals surface area contributed by atoms with E-state index in [2.05, 4.69) is 5.92 Å². The third-order valence-corrected chi connectivity index (χ3v) is 1.45. The van der Waals surface area contributed by atoms with Gasteiger partial charge < -0.3 is 4.90 Å². The maximum Gasteiger partial charge on any atom is 0.237 e. The number of carbonyl (C=O) groups is 1. The predicted molar refractivity (Wildman–Crippen MR) is 41.3 cm³/mol. The molecule has 11 heavy (non-hydrogen) atoms. The van der Waals surface area contributed by atoms with Crippen molar-refractivity contribution in [3.63, 3.8) is 0 Å². The van der Waals surface area contributed by atoms with Crippen LogP contribution in [0.25, 0.3) is 0 Å². The molecule has 0 saturated carbocycles. The van der Waals surface area contributed by atoms with Gasteiger partial charge in [-0.25, -0.2) is 0 Å². The molecule has 58 valence electrons. The Morgan fingerprint density at radius 3 is 2.73 bits per heavy atom. The Morgan fingerprint density at radius 2 is 2.36 bits per heavy atom. The van der Waals surface area contributed by atoms with Crippen LogP contribution in [0.1, 0.15) is 13.3 Å². The summed E-state index contributed by atoms with van der Waals surface area (Å²) in [5.41, 5.74) is 0. The molecule has 0 bridgehead atoms. The van der Waals surface area contributed by atoms with E-state index < -0.39 is 0 Å². The van der Waals surface area contributed by atoms with E-state index in [1.807, 2.05) is 0 Å². The van der Waals surface area contributed by atoms with Crippen molar-refractivity contribution < 1.29 is 4.79 Å². The number of nitriles is 1. The summed E-state index contributed by atoms with van der Waals surface area (Å²) in [5.74, 6) is 2.16. The predicted octanol–water partition coefficient (Wildman–Crippen LogP) is 0.380. The zero-order valence-corrected chi connectivity index (χ0v) is 6.66. The van der Waals surface area contributed by atoms with Gasteiger partial charge in [-0.05, 0) is 6.92 Å². The van der Waals surface area contributed by atoms with Crippen LogP contribution in [0.4, 0.5) is 0 Å². The van der Waals surface area contributed by atoms with Crippen LogP contribution >= 0.6 is 0 Å². The van der Waals surface area contributed by atoms with Crippen molar-refractivity contribution in [3.8, 4) is 18.4 Å². The maximum atomic E-state index is 11.0. The van der Waals surface area contributed by atoms with Gasteiger partial charge in [0.2, 0.25) is 5.91 Å². The highest BCUT2D eigenvalue weighted by Crippen LogP contribution is 1.96. The van der Waals surface area contributed by atoms with Crippen molar-refractivity contribution in [2.45, 2.75) is 19.4 Å². The Balaban J connectivity index is 4.07. The monoisotopic (exact) mass is 150 g/mol. The van der Waals surface area contributed by atoms with Crippen LogP contribution in [-0.2, 0) is 4.79 Å². The molecule has 0 spiro atoms. The number of hydrogen-bond donors (Lipinski definition) is 0. The third kappa shape index (κ3) is 2.73. The molecular formula is C8H10N2O. The molecule has 0 aromatic carbocycles. The highest BCUT2D eigenvalue weighted by molar-refractivity contribution is 5.78. The van der Waals surface area contributed by atoms with E-state index in [-0.39, 0.29) is 18.4 Å². The SMILES string of the molecule is C#CC(C)N(C)C(=O)CC#N. The van der Waals surface area contributed by atoms with Crippen LogP contribution in [0, 0.1) is 23.7 Å². The minimum Gasteiger partial charge on any atom is -0.331 e. The average Bonchev–Trinajstić information content (AvgIpc) is 2.02. The van der Waals surface area contributed by atoms with E-state index in [0.717, 1.165) is 0 Å². The minimum atomic E-state index is -0.240. The number of amides is 1. The van der Waals surface area contributed by atoms with Gasteiger partial charge in [-0.2, -0.15) is 5.26 Å². The van der Waals surface area contributed by atoms with Gasteiger partial charge in [-0.1, -0.05) is 5.92 Å². The number of nitrogens with zero attached hydrogens (tertiary/aromatic N) is 2. The summed E-state index contributed by atoms with van der Waals surface area (Å²) in [6.07, 6.45) is 4.97. The largest absolute Gasteiger partial charge is 0.331 e. The first-order chi connectivity index (χ1) is 5.13. The number of terminal acetylenes is 1. The average molecular weight is 150 g/mol. The molecule has 0 saturated heterocycles. The van der Waals surface area contributed by atoms with Crippen LogP contribution < -0.4 is 0 Å². The molecule has 1 unspecified atom stereocenters. The summed E-state index contributed by atoms with van der Waals surface area (Å²) in [5, 5.41) is 8.19. The molecule has 3 heteroatoms. The fourth-order valence-corrected chi connectivity index (χ4v) is 0.520. The quantitative estimate of drug-likeness (QED) is 0.534. The number of hydrogen-bond acceptors (Lipinski definition) is 2. The normalized spacial score (nSPS) is 10.9.